The molecule has 1 N–H and O–H groups in total. The first-order valence-electron chi connectivity index (χ1n) is 6.53. The fourth-order valence-electron chi connectivity index (χ4n) is 1.88. The van der Waals surface area contributed by atoms with Gasteiger partial charge >= 0.3 is 0 Å². The molecule has 0 aliphatic carbocycles. The molecule has 0 aliphatic rings. The molecule has 0 radical (unpaired) electrons. The Labute approximate surface area is 118 Å². The average molecular weight is 273 g/mol. The van der Waals surface area contributed by atoms with Crippen LogP contribution in [0.4, 0.5) is 5.69 Å². The van der Waals surface area contributed by atoms with Crippen molar-refractivity contribution in [2.24, 2.45) is 0 Å². The molecular formula is C15H19N3O2. The number of ether oxygens (including phenoxy) is 1. The van der Waals surface area contributed by atoms with Crippen LogP contribution in [0.25, 0.3) is 0 Å². The molecule has 2 aromatic rings. The Morgan fingerprint density at radius 3 is 2.95 bits per heavy atom. The summed E-state index contributed by atoms with van der Waals surface area (Å²) in [5, 5.41) is 3.31. The molecule has 0 saturated heterocycles. The second-order valence-electron chi connectivity index (χ2n) is 4.60. The lowest BCUT2D eigenvalue weighted by molar-refractivity contribution is 0.186. The minimum Gasteiger partial charge on any atom is -0.383 e. The van der Waals surface area contributed by atoms with Crippen molar-refractivity contribution in [2.75, 3.05) is 19.0 Å². The number of pyridine rings is 2. The third-order valence-electron chi connectivity index (χ3n) is 3.15. The van der Waals surface area contributed by atoms with E-state index in [9.17, 15) is 4.79 Å². The van der Waals surface area contributed by atoms with E-state index in [0.717, 1.165) is 11.3 Å². The molecule has 0 spiro atoms. The second-order valence-corrected chi connectivity index (χ2v) is 4.60. The van der Waals surface area contributed by atoms with Gasteiger partial charge in [0.2, 0.25) is 0 Å². The summed E-state index contributed by atoms with van der Waals surface area (Å²) in [6.07, 6.45) is 5.44. The van der Waals surface area contributed by atoms with Crippen LogP contribution in [0.1, 0.15) is 11.1 Å². The topological polar surface area (TPSA) is 56.1 Å². The van der Waals surface area contributed by atoms with Gasteiger partial charge in [-0.2, -0.15) is 0 Å². The summed E-state index contributed by atoms with van der Waals surface area (Å²) in [6.45, 7) is 3.81. The third kappa shape index (κ3) is 3.68. The molecule has 5 nitrogen and oxygen atoms in total. The van der Waals surface area contributed by atoms with Gasteiger partial charge in [0.25, 0.3) is 5.56 Å². The van der Waals surface area contributed by atoms with Crippen molar-refractivity contribution in [2.45, 2.75) is 20.0 Å². The lowest BCUT2D eigenvalue weighted by Crippen LogP contribution is -2.21. The number of rotatable bonds is 6. The minimum absolute atomic E-state index is 0.0230. The van der Waals surface area contributed by atoms with E-state index in [1.54, 1.807) is 30.0 Å². The van der Waals surface area contributed by atoms with Crippen molar-refractivity contribution < 1.29 is 4.74 Å². The van der Waals surface area contributed by atoms with Gasteiger partial charge in [-0.25, -0.2) is 0 Å². The van der Waals surface area contributed by atoms with Crippen molar-refractivity contribution in [1.82, 2.24) is 9.55 Å². The molecule has 106 valence electrons. The molecule has 5 heteroatoms. The molecule has 0 atom stereocenters. The summed E-state index contributed by atoms with van der Waals surface area (Å²) < 4.78 is 6.64. The van der Waals surface area contributed by atoms with Crippen LogP contribution in [0.15, 0.2) is 41.6 Å². The number of aryl methyl sites for hydroxylation is 1. The molecule has 0 bridgehead atoms. The molecule has 2 heterocycles. The summed E-state index contributed by atoms with van der Waals surface area (Å²) in [7, 11) is 1.62. The van der Waals surface area contributed by atoms with E-state index in [1.165, 1.54) is 5.56 Å². The van der Waals surface area contributed by atoms with Crippen LogP contribution in [0.3, 0.4) is 0 Å². The van der Waals surface area contributed by atoms with E-state index in [4.69, 9.17) is 4.74 Å². The highest BCUT2D eigenvalue weighted by Gasteiger charge is 2.01. The normalized spacial score (nSPS) is 10.5. The quantitative estimate of drug-likeness (QED) is 0.872. The van der Waals surface area contributed by atoms with Crippen molar-refractivity contribution in [3.05, 3.63) is 58.3 Å². The van der Waals surface area contributed by atoms with Gasteiger partial charge in [0.05, 0.1) is 12.3 Å². The fraction of sp³-hybridized carbons (Fsp3) is 0.333. The molecular weight excluding hydrogens is 254 g/mol. The number of anilines is 1. The van der Waals surface area contributed by atoms with Gasteiger partial charge in [0.15, 0.2) is 0 Å². The van der Waals surface area contributed by atoms with Crippen LogP contribution >= 0.6 is 0 Å². The first-order valence-corrected chi connectivity index (χ1v) is 6.53. The SMILES string of the molecule is COCCn1cc(NCc2cnccc2C)ccc1=O. The molecule has 0 amide bonds. The standard InChI is InChI=1S/C15H19N3O2/c1-12-5-6-16-9-13(12)10-17-14-3-4-15(19)18(11-14)7-8-20-2/h3-6,9,11,17H,7-8,10H2,1-2H3. The van der Waals surface area contributed by atoms with Crippen molar-refractivity contribution in [1.29, 1.82) is 0 Å². The van der Waals surface area contributed by atoms with Crippen molar-refractivity contribution >= 4 is 5.69 Å². The summed E-state index contributed by atoms with van der Waals surface area (Å²) in [6, 6.07) is 5.34. The van der Waals surface area contributed by atoms with E-state index in [2.05, 4.69) is 17.2 Å². The van der Waals surface area contributed by atoms with Crippen LogP contribution in [0, 0.1) is 6.92 Å². The monoisotopic (exact) mass is 273 g/mol. The van der Waals surface area contributed by atoms with Gasteiger partial charge in [-0.3, -0.25) is 9.78 Å². The van der Waals surface area contributed by atoms with E-state index in [1.807, 2.05) is 18.5 Å². The Hall–Kier alpha value is -2.14. The maximum absolute atomic E-state index is 11.7. The van der Waals surface area contributed by atoms with Crippen LogP contribution in [0.2, 0.25) is 0 Å². The first-order chi connectivity index (χ1) is 9.70. The number of aromatic nitrogens is 2. The molecule has 0 aliphatic heterocycles. The molecule has 2 aromatic heterocycles. The fourth-order valence-corrected chi connectivity index (χ4v) is 1.88. The summed E-state index contributed by atoms with van der Waals surface area (Å²) in [5.41, 5.74) is 3.22. The number of hydrogen-bond acceptors (Lipinski definition) is 4. The number of hydrogen-bond donors (Lipinski definition) is 1. The lowest BCUT2D eigenvalue weighted by atomic mass is 10.1. The molecule has 0 unspecified atom stereocenters. The molecule has 0 fully saturated rings. The second kappa shape index (κ2) is 6.86. The summed E-state index contributed by atoms with van der Waals surface area (Å²) in [4.78, 5) is 15.8. The molecule has 0 aromatic carbocycles. The smallest absolute Gasteiger partial charge is 0.250 e. The Kier molecular flexibility index (Phi) is 4.90. The molecule has 2 rings (SSSR count). The number of nitrogens with zero attached hydrogens (tertiary/aromatic N) is 2. The zero-order valence-electron chi connectivity index (χ0n) is 11.8. The van der Waals surface area contributed by atoms with Crippen LogP contribution in [0.5, 0.6) is 0 Å². The molecule has 0 saturated carbocycles. The van der Waals surface area contributed by atoms with E-state index in [0.29, 0.717) is 19.7 Å². The Bertz CT molecular complexity index is 623. The van der Waals surface area contributed by atoms with Gasteiger partial charge in [0, 0.05) is 44.9 Å². The average Bonchev–Trinajstić information content (AvgIpc) is 2.46. The van der Waals surface area contributed by atoms with Gasteiger partial charge in [-0.1, -0.05) is 0 Å². The zero-order chi connectivity index (χ0) is 14.4. The summed E-state index contributed by atoms with van der Waals surface area (Å²) in [5.74, 6) is 0. The highest BCUT2D eigenvalue weighted by Crippen LogP contribution is 2.09. The van der Waals surface area contributed by atoms with Gasteiger partial charge < -0.3 is 14.6 Å². The minimum atomic E-state index is -0.0230. The highest BCUT2D eigenvalue weighted by molar-refractivity contribution is 5.41. The predicted molar refractivity (Wildman–Crippen MR) is 78.9 cm³/mol. The Morgan fingerprint density at radius 1 is 1.35 bits per heavy atom. The van der Waals surface area contributed by atoms with Crippen LogP contribution < -0.4 is 10.9 Å². The van der Waals surface area contributed by atoms with Gasteiger partial charge in [-0.15, -0.1) is 0 Å². The maximum Gasteiger partial charge on any atom is 0.250 e. The van der Waals surface area contributed by atoms with Gasteiger partial charge in [-0.05, 0) is 30.2 Å². The van der Waals surface area contributed by atoms with E-state index < -0.39 is 0 Å². The third-order valence-corrected chi connectivity index (χ3v) is 3.15. The maximum atomic E-state index is 11.7. The first kappa shape index (κ1) is 14.3. The Balaban J connectivity index is 2.06. The Morgan fingerprint density at radius 2 is 2.20 bits per heavy atom. The lowest BCUT2D eigenvalue weighted by Gasteiger charge is -2.11. The van der Waals surface area contributed by atoms with Gasteiger partial charge in [0.1, 0.15) is 0 Å². The van der Waals surface area contributed by atoms with E-state index >= 15 is 0 Å². The van der Waals surface area contributed by atoms with Crippen molar-refractivity contribution in [3.8, 4) is 0 Å². The zero-order valence-corrected chi connectivity index (χ0v) is 11.8. The highest BCUT2D eigenvalue weighted by atomic mass is 16.5. The van der Waals surface area contributed by atoms with Crippen LogP contribution in [-0.2, 0) is 17.8 Å². The predicted octanol–water partition coefficient (Wildman–Crippen LogP) is 1.81. The van der Waals surface area contributed by atoms with Crippen molar-refractivity contribution in [3.63, 3.8) is 0 Å². The summed E-state index contributed by atoms with van der Waals surface area (Å²) >= 11 is 0. The number of methoxy groups -OCH3 is 1. The number of nitrogens with one attached hydrogen (secondary N) is 1. The van der Waals surface area contributed by atoms with E-state index in [-0.39, 0.29) is 5.56 Å². The largest absolute Gasteiger partial charge is 0.383 e. The molecule has 20 heavy (non-hydrogen) atoms. The van der Waals surface area contributed by atoms with Crippen LogP contribution in [-0.4, -0.2) is 23.3 Å².